The molecule has 8 heteroatoms. The zero-order valence-electron chi connectivity index (χ0n) is 12.7. The lowest BCUT2D eigenvalue weighted by atomic mass is 10.1. The van der Waals surface area contributed by atoms with Gasteiger partial charge in [-0.3, -0.25) is 0 Å². The van der Waals surface area contributed by atoms with E-state index in [0.717, 1.165) is 12.8 Å². The summed E-state index contributed by atoms with van der Waals surface area (Å²) >= 11 is 0. The second-order valence-electron chi connectivity index (χ2n) is 5.29. The zero-order valence-corrected chi connectivity index (χ0v) is 13.5. The molecule has 0 bridgehead atoms. The normalized spacial score (nSPS) is 19.5. The van der Waals surface area contributed by atoms with Crippen LogP contribution in [0.2, 0.25) is 0 Å². The zero-order chi connectivity index (χ0) is 16.2. The van der Waals surface area contributed by atoms with Gasteiger partial charge in [-0.05, 0) is 25.0 Å². The van der Waals surface area contributed by atoms with Crippen LogP contribution >= 0.6 is 0 Å². The molecule has 1 heterocycles. The first kappa shape index (κ1) is 16.6. The molecule has 0 aliphatic carbocycles. The van der Waals surface area contributed by atoms with Crippen LogP contribution in [0.1, 0.15) is 12.8 Å². The summed E-state index contributed by atoms with van der Waals surface area (Å²) in [7, 11) is -1.66. The molecule has 0 saturated carbocycles. The Kier molecular flexibility index (Phi) is 5.25. The molecule has 2 rings (SSSR count). The fraction of sp³-hybridized carbons (Fsp3) is 0.500. The molecule has 0 spiro atoms. The predicted molar refractivity (Wildman–Crippen MR) is 84.6 cm³/mol. The Bertz CT molecular complexity index is 633. The van der Waals surface area contributed by atoms with Gasteiger partial charge in [0.25, 0.3) is 0 Å². The molecule has 22 heavy (non-hydrogen) atoms. The molecule has 1 aromatic rings. The molecule has 0 radical (unpaired) electrons. The highest BCUT2D eigenvalue weighted by molar-refractivity contribution is 7.88. The quantitative estimate of drug-likeness (QED) is 0.871. The third-order valence-corrected chi connectivity index (χ3v) is 4.79. The van der Waals surface area contributed by atoms with Crippen LogP contribution in [0.5, 0.6) is 5.75 Å². The third-order valence-electron chi connectivity index (χ3n) is 3.52. The summed E-state index contributed by atoms with van der Waals surface area (Å²) in [6.45, 7) is 0.818. The number of anilines is 1. The lowest BCUT2D eigenvalue weighted by Gasteiger charge is -2.31. The number of methoxy groups -OCH3 is 1. The van der Waals surface area contributed by atoms with Gasteiger partial charge in [0, 0.05) is 30.9 Å². The first-order chi connectivity index (χ1) is 10.4. The van der Waals surface area contributed by atoms with Crippen molar-refractivity contribution in [2.75, 3.05) is 31.8 Å². The summed E-state index contributed by atoms with van der Waals surface area (Å²) in [5.41, 5.74) is 0.618. The Morgan fingerprint density at radius 1 is 1.41 bits per heavy atom. The number of hydrogen-bond donors (Lipinski definition) is 2. The molecule has 2 amide bonds. The van der Waals surface area contributed by atoms with Crippen molar-refractivity contribution in [3.8, 4) is 5.75 Å². The van der Waals surface area contributed by atoms with Crippen LogP contribution in [-0.4, -0.2) is 51.3 Å². The van der Waals surface area contributed by atoms with Crippen molar-refractivity contribution in [2.45, 2.75) is 18.9 Å². The number of piperidine rings is 1. The smallest absolute Gasteiger partial charge is 0.319 e. The van der Waals surface area contributed by atoms with Crippen molar-refractivity contribution in [3.05, 3.63) is 24.3 Å². The summed E-state index contributed by atoms with van der Waals surface area (Å²) in [4.78, 5) is 12.0. The van der Waals surface area contributed by atoms with Gasteiger partial charge < -0.3 is 15.4 Å². The number of sulfonamides is 1. The lowest BCUT2D eigenvalue weighted by molar-refractivity contribution is 0.236. The van der Waals surface area contributed by atoms with E-state index in [1.165, 1.54) is 10.6 Å². The SMILES string of the molecule is COc1cccc(NC(=O)N[C@H]2CCCN(S(C)(=O)=O)C2)c1. The minimum absolute atomic E-state index is 0.186. The second kappa shape index (κ2) is 6.97. The molecule has 122 valence electrons. The summed E-state index contributed by atoms with van der Waals surface area (Å²) in [5, 5.41) is 5.53. The van der Waals surface area contributed by atoms with Crippen LogP contribution < -0.4 is 15.4 Å². The average Bonchev–Trinajstić information content (AvgIpc) is 2.46. The molecule has 7 nitrogen and oxygen atoms in total. The minimum Gasteiger partial charge on any atom is -0.497 e. The van der Waals surface area contributed by atoms with E-state index in [9.17, 15) is 13.2 Å². The molecule has 1 aliphatic heterocycles. The number of rotatable bonds is 4. The molecular formula is C14H21N3O4S. The van der Waals surface area contributed by atoms with Crippen molar-refractivity contribution in [1.29, 1.82) is 0 Å². The van der Waals surface area contributed by atoms with E-state index in [4.69, 9.17) is 4.74 Å². The van der Waals surface area contributed by atoms with E-state index >= 15 is 0 Å². The van der Waals surface area contributed by atoms with Gasteiger partial charge in [-0.2, -0.15) is 0 Å². The molecule has 1 aromatic carbocycles. The van der Waals surface area contributed by atoms with Crippen LogP contribution in [0.25, 0.3) is 0 Å². The maximum atomic E-state index is 12.0. The number of benzene rings is 1. The predicted octanol–water partition coefficient (Wildman–Crippen LogP) is 1.24. The van der Waals surface area contributed by atoms with Gasteiger partial charge >= 0.3 is 6.03 Å². The second-order valence-corrected chi connectivity index (χ2v) is 7.27. The Hall–Kier alpha value is -1.80. The van der Waals surface area contributed by atoms with Crippen molar-refractivity contribution >= 4 is 21.7 Å². The number of amides is 2. The highest BCUT2D eigenvalue weighted by Gasteiger charge is 2.26. The van der Waals surface area contributed by atoms with E-state index in [0.29, 0.717) is 24.5 Å². The summed E-state index contributed by atoms with van der Waals surface area (Å²) in [6, 6.07) is 6.49. The van der Waals surface area contributed by atoms with E-state index in [1.54, 1.807) is 31.4 Å². The molecule has 1 aliphatic rings. The maximum Gasteiger partial charge on any atom is 0.319 e. The monoisotopic (exact) mass is 327 g/mol. The number of hydrogen-bond acceptors (Lipinski definition) is 4. The van der Waals surface area contributed by atoms with Crippen molar-refractivity contribution < 1.29 is 17.9 Å². The molecule has 0 unspecified atom stereocenters. The first-order valence-electron chi connectivity index (χ1n) is 7.05. The molecule has 2 N–H and O–H groups in total. The summed E-state index contributed by atoms with van der Waals surface area (Å²) in [5.74, 6) is 0.652. The van der Waals surface area contributed by atoms with Crippen LogP contribution in [0.3, 0.4) is 0 Å². The number of carbonyl (C=O) groups excluding carboxylic acids is 1. The topological polar surface area (TPSA) is 87.7 Å². The molecule has 1 saturated heterocycles. The average molecular weight is 327 g/mol. The number of nitrogens with zero attached hydrogens (tertiary/aromatic N) is 1. The van der Waals surface area contributed by atoms with Crippen LogP contribution in [0, 0.1) is 0 Å². The van der Waals surface area contributed by atoms with Crippen LogP contribution in [0.15, 0.2) is 24.3 Å². The molecule has 1 fully saturated rings. The van der Waals surface area contributed by atoms with E-state index in [-0.39, 0.29) is 12.1 Å². The Balaban J connectivity index is 1.91. The third kappa shape index (κ3) is 4.60. The number of nitrogens with one attached hydrogen (secondary N) is 2. The van der Waals surface area contributed by atoms with Gasteiger partial charge in [0.1, 0.15) is 5.75 Å². The van der Waals surface area contributed by atoms with Crippen molar-refractivity contribution in [3.63, 3.8) is 0 Å². The highest BCUT2D eigenvalue weighted by atomic mass is 32.2. The highest BCUT2D eigenvalue weighted by Crippen LogP contribution is 2.17. The fourth-order valence-corrected chi connectivity index (χ4v) is 3.33. The van der Waals surface area contributed by atoms with Gasteiger partial charge in [-0.25, -0.2) is 17.5 Å². The van der Waals surface area contributed by atoms with Gasteiger partial charge in [-0.1, -0.05) is 6.07 Å². The molecule has 0 aromatic heterocycles. The Morgan fingerprint density at radius 2 is 2.18 bits per heavy atom. The van der Waals surface area contributed by atoms with Gasteiger partial charge in [-0.15, -0.1) is 0 Å². The fourth-order valence-electron chi connectivity index (χ4n) is 2.41. The first-order valence-corrected chi connectivity index (χ1v) is 8.90. The van der Waals surface area contributed by atoms with Gasteiger partial charge in [0.2, 0.25) is 10.0 Å². The van der Waals surface area contributed by atoms with Gasteiger partial charge in [0.05, 0.1) is 13.4 Å². The van der Waals surface area contributed by atoms with Crippen LogP contribution in [0.4, 0.5) is 10.5 Å². The number of carbonyl (C=O) groups is 1. The summed E-state index contributed by atoms with van der Waals surface area (Å²) in [6.07, 6.45) is 2.68. The largest absolute Gasteiger partial charge is 0.497 e. The lowest BCUT2D eigenvalue weighted by Crippen LogP contribution is -2.50. The van der Waals surface area contributed by atoms with Crippen molar-refractivity contribution in [1.82, 2.24) is 9.62 Å². The minimum atomic E-state index is -3.22. The Morgan fingerprint density at radius 3 is 2.86 bits per heavy atom. The maximum absolute atomic E-state index is 12.0. The van der Waals surface area contributed by atoms with E-state index in [2.05, 4.69) is 10.6 Å². The van der Waals surface area contributed by atoms with Crippen molar-refractivity contribution in [2.24, 2.45) is 0 Å². The number of ether oxygens (including phenoxy) is 1. The van der Waals surface area contributed by atoms with Gasteiger partial charge in [0.15, 0.2) is 0 Å². The standard InChI is InChI=1S/C14H21N3O4S/c1-21-13-7-3-5-11(9-13)15-14(18)16-12-6-4-8-17(10-12)22(2,19)20/h3,5,7,9,12H,4,6,8,10H2,1-2H3,(H2,15,16,18)/t12-/m0/s1. The number of urea groups is 1. The molecule has 1 atom stereocenters. The van der Waals surface area contributed by atoms with Crippen LogP contribution in [-0.2, 0) is 10.0 Å². The summed E-state index contributed by atoms with van der Waals surface area (Å²) < 4.78 is 29.6. The Labute approximate surface area is 130 Å². The molecular weight excluding hydrogens is 306 g/mol. The van der Waals surface area contributed by atoms with E-state index < -0.39 is 10.0 Å². The van der Waals surface area contributed by atoms with E-state index in [1.807, 2.05) is 0 Å².